The molecule has 0 bridgehead atoms. The van der Waals surface area contributed by atoms with E-state index in [4.69, 9.17) is 14.2 Å². The molecule has 2 aliphatic heterocycles. The smallest absolute Gasteiger partial charge is 0.255 e. The highest BCUT2D eigenvalue weighted by atomic mass is 16.7. The Kier molecular flexibility index (Phi) is 4.43. The monoisotopic (exact) mass is 432 g/mol. The number of ether oxygens (including phenoxy) is 3. The second kappa shape index (κ2) is 7.34. The zero-order valence-corrected chi connectivity index (χ0v) is 17.8. The van der Waals surface area contributed by atoms with Crippen molar-refractivity contribution in [1.82, 2.24) is 20.1 Å². The third-order valence-electron chi connectivity index (χ3n) is 6.50. The van der Waals surface area contributed by atoms with E-state index in [2.05, 4.69) is 15.4 Å². The van der Waals surface area contributed by atoms with Gasteiger partial charge in [0.2, 0.25) is 6.79 Å². The van der Waals surface area contributed by atoms with Crippen LogP contribution < -0.4 is 14.8 Å². The summed E-state index contributed by atoms with van der Waals surface area (Å²) in [4.78, 5) is 17.6. The zero-order valence-electron chi connectivity index (χ0n) is 17.8. The lowest BCUT2D eigenvalue weighted by atomic mass is 9.64. The Bertz CT molecular complexity index is 1180. The van der Waals surface area contributed by atoms with E-state index in [1.165, 1.54) is 0 Å². The lowest BCUT2D eigenvalue weighted by Gasteiger charge is -2.53. The fourth-order valence-electron chi connectivity index (χ4n) is 4.78. The van der Waals surface area contributed by atoms with Crippen molar-refractivity contribution in [2.24, 2.45) is 12.5 Å². The van der Waals surface area contributed by atoms with E-state index in [0.717, 1.165) is 48.6 Å². The molecule has 2 fully saturated rings. The number of amides is 1. The molecule has 2 aromatic heterocycles. The van der Waals surface area contributed by atoms with Gasteiger partial charge < -0.3 is 19.5 Å². The molecule has 4 heterocycles. The first-order chi connectivity index (χ1) is 15.6. The summed E-state index contributed by atoms with van der Waals surface area (Å²) < 4.78 is 18.3. The molecule has 1 aliphatic carbocycles. The van der Waals surface area contributed by atoms with E-state index in [0.29, 0.717) is 28.9 Å². The molecule has 0 radical (unpaired) electrons. The van der Waals surface area contributed by atoms with E-state index in [-0.39, 0.29) is 18.7 Å². The second-order valence-electron chi connectivity index (χ2n) is 9.05. The van der Waals surface area contributed by atoms with Gasteiger partial charge in [0, 0.05) is 30.9 Å². The maximum atomic E-state index is 13.0. The minimum Gasteiger partial charge on any atom is -0.454 e. The van der Waals surface area contributed by atoms with Gasteiger partial charge in [-0.2, -0.15) is 5.10 Å². The van der Waals surface area contributed by atoms with Crippen molar-refractivity contribution >= 4 is 5.91 Å². The molecule has 1 aromatic carbocycles. The Balaban J connectivity index is 1.19. The predicted molar refractivity (Wildman–Crippen MR) is 116 cm³/mol. The summed E-state index contributed by atoms with van der Waals surface area (Å²) in [5.41, 5.74) is 4.52. The minimum absolute atomic E-state index is 0.114. The Morgan fingerprint density at radius 3 is 2.72 bits per heavy atom. The van der Waals surface area contributed by atoms with Crippen molar-refractivity contribution in [2.75, 3.05) is 20.0 Å². The van der Waals surface area contributed by atoms with Crippen molar-refractivity contribution in [3.63, 3.8) is 0 Å². The standard InChI is InChI=1S/C24H24N4O4/c1-28-5-4-20(27-28)19-3-2-15(11-25-19)6-16-7-18(22-21(8-16)31-14-32-22)23(29)26-17-9-24(10-17)12-30-13-24/h2-5,7-8,11,17H,6,9-10,12-14H2,1H3,(H,26,29). The van der Waals surface area contributed by atoms with Gasteiger partial charge in [-0.3, -0.25) is 14.5 Å². The zero-order chi connectivity index (χ0) is 21.7. The highest BCUT2D eigenvalue weighted by Gasteiger charge is 2.50. The molecule has 1 spiro atoms. The van der Waals surface area contributed by atoms with Crippen molar-refractivity contribution in [3.05, 3.63) is 59.4 Å². The van der Waals surface area contributed by atoms with E-state index in [1.54, 1.807) is 4.68 Å². The van der Waals surface area contributed by atoms with Gasteiger partial charge in [-0.25, -0.2) is 0 Å². The van der Waals surface area contributed by atoms with Crippen molar-refractivity contribution in [2.45, 2.75) is 25.3 Å². The van der Waals surface area contributed by atoms with Crippen LogP contribution in [0.1, 0.15) is 34.3 Å². The quantitative estimate of drug-likeness (QED) is 0.667. The van der Waals surface area contributed by atoms with Crippen LogP contribution >= 0.6 is 0 Å². The Labute approximate surface area is 185 Å². The van der Waals surface area contributed by atoms with Crippen LogP contribution in [-0.4, -0.2) is 46.7 Å². The van der Waals surface area contributed by atoms with E-state index >= 15 is 0 Å². The van der Waals surface area contributed by atoms with Crippen LogP contribution in [0.15, 0.2) is 42.7 Å². The van der Waals surface area contributed by atoms with Crippen molar-refractivity contribution in [3.8, 4) is 22.9 Å². The molecule has 164 valence electrons. The molecule has 32 heavy (non-hydrogen) atoms. The summed E-state index contributed by atoms with van der Waals surface area (Å²) in [6.07, 6.45) is 6.34. The molecule has 1 N–H and O–H groups in total. The number of aromatic nitrogens is 3. The summed E-state index contributed by atoms with van der Waals surface area (Å²) >= 11 is 0. The van der Waals surface area contributed by atoms with Crippen molar-refractivity contribution < 1.29 is 19.0 Å². The van der Waals surface area contributed by atoms with Gasteiger partial charge in [-0.05, 0) is 54.7 Å². The number of pyridine rings is 1. The van der Waals surface area contributed by atoms with Gasteiger partial charge in [-0.15, -0.1) is 0 Å². The topological polar surface area (TPSA) is 87.5 Å². The maximum absolute atomic E-state index is 13.0. The molecular formula is C24H24N4O4. The largest absolute Gasteiger partial charge is 0.454 e. The molecule has 6 rings (SSSR count). The number of hydrogen-bond donors (Lipinski definition) is 1. The highest BCUT2D eigenvalue weighted by Crippen LogP contribution is 2.47. The van der Waals surface area contributed by atoms with Crippen LogP contribution in [0.2, 0.25) is 0 Å². The van der Waals surface area contributed by atoms with Crippen LogP contribution in [0.5, 0.6) is 11.5 Å². The number of fused-ring (bicyclic) bond motifs is 1. The van der Waals surface area contributed by atoms with Gasteiger partial charge in [0.15, 0.2) is 11.5 Å². The molecule has 8 heteroatoms. The Morgan fingerprint density at radius 2 is 2.03 bits per heavy atom. The maximum Gasteiger partial charge on any atom is 0.255 e. The van der Waals surface area contributed by atoms with Crippen LogP contribution in [0.25, 0.3) is 11.4 Å². The van der Waals surface area contributed by atoms with E-state index < -0.39 is 0 Å². The predicted octanol–water partition coefficient (Wildman–Crippen LogP) is 2.71. The van der Waals surface area contributed by atoms with Crippen LogP contribution in [-0.2, 0) is 18.2 Å². The third-order valence-corrected chi connectivity index (χ3v) is 6.50. The average molecular weight is 432 g/mol. The van der Waals surface area contributed by atoms with E-state index in [1.807, 2.05) is 49.8 Å². The Hall–Kier alpha value is -3.39. The summed E-state index contributed by atoms with van der Waals surface area (Å²) in [7, 11) is 1.88. The molecule has 0 unspecified atom stereocenters. The second-order valence-corrected chi connectivity index (χ2v) is 9.05. The summed E-state index contributed by atoms with van der Waals surface area (Å²) in [6, 6.07) is 9.97. The van der Waals surface area contributed by atoms with Gasteiger partial charge in [0.25, 0.3) is 5.91 Å². The molecule has 1 amide bonds. The minimum atomic E-state index is -0.114. The first-order valence-corrected chi connectivity index (χ1v) is 10.8. The molecular weight excluding hydrogens is 408 g/mol. The molecule has 0 atom stereocenters. The number of carbonyl (C=O) groups excluding carboxylic acids is 1. The lowest BCUT2D eigenvalue weighted by Crippen LogP contribution is -2.59. The number of rotatable bonds is 5. The third kappa shape index (κ3) is 3.40. The normalized spacial score (nSPS) is 18.3. The molecule has 1 saturated heterocycles. The number of hydrogen-bond acceptors (Lipinski definition) is 6. The SMILES string of the molecule is Cn1ccc(-c2ccc(Cc3cc4c(c(C(=O)NC5CC6(COC6)C5)c3)OCO4)cn2)n1. The van der Waals surface area contributed by atoms with E-state index in [9.17, 15) is 4.79 Å². The van der Waals surface area contributed by atoms with Crippen LogP contribution in [0.3, 0.4) is 0 Å². The van der Waals surface area contributed by atoms with Gasteiger partial charge in [-0.1, -0.05) is 6.07 Å². The first kappa shape index (κ1) is 19.3. The van der Waals surface area contributed by atoms with Crippen LogP contribution in [0, 0.1) is 5.41 Å². The molecule has 3 aromatic rings. The van der Waals surface area contributed by atoms with Gasteiger partial charge >= 0.3 is 0 Å². The van der Waals surface area contributed by atoms with Gasteiger partial charge in [0.05, 0.1) is 24.5 Å². The number of nitrogens with zero attached hydrogens (tertiary/aromatic N) is 3. The molecule has 3 aliphatic rings. The number of benzene rings is 1. The summed E-state index contributed by atoms with van der Waals surface area (Å²) in [6.45, 7) is 1.76. The summed E-state index contributed by atoms with van der Waals surface area (Å²) in [5, 5.41) is 7.54. The highest BCUT2D eigenvalue weighted by molar-refractivity contribution is 5.98. The number of aryl methyl sites for hydroxylation is 1. The molecule has 1 saturated carbocycles. The fourth-order valence-corrected chi connectivity index (χ4v) is 4.78. The summed E-state index contributed by atoms with van der Waals surface area (Å²) in [5.74, 6) is 1.02. The van der Waals surface area contributed by atoms with Crippen molar-refractivity contribution in [1.29, 1.82) is 0 Å². The average Bonchev–Trinajstić information content (AvgIpc) is 3.37. The van der Waals surface area contributed by atoms with Crippen LogP contribution in [0.4, 0.5) is 0 Å². The molecule has 8 nitrogen and oxygen atoms in total. The number of carbonyl (C=O) groups is 1. The lowest BCUT2D eigenvalue weighted by molar-refractivity contribution is -0.165. The van der Waals surface area contributed by atoms with Gasteiger partial charge in [0.1, 0.15) is 5.69 Å². The number of nitrogens with one attached hydrogen (secondary N) is 1. The first-order valence-electron chi connectivity index (χ1n) is 10.8. The fraction of sp³-hybridized carbons (Fsp3) is 0.375. The Morgan fingerprint density at radius 1 is 1.16 bits per heavy atom.